The number of nitrogens with one attached hydrogen (secondary N) is 1. The Bertz CT molecular complexity index is 901. The van der Waals surface area contributed by atoms with E-state index in [2.05, 4.69) is 49.3 Å². The molecule has 4 nitrogen and oxygen atoms in total. The van der Waals surface area contributed by atoms with E-state index in [1.165, 1.54) is 16.8 Å². The molecule has 0 aliphatic carbocycles. The lowest BCUT2D eigenvalue weighted by Gasteiger charge is -2.34. The first-order valence-electron chi connectivity index (χ1n) is 9.43. The number of hydrogen-bond acceptors (Lipinski definition) is 2. The maximum absolute atomic E-state index is 12.7. The number of benzene rings is 2. The molecule has 0 spiro atoms. The molecule has 0 radical (unpaired) electrons. The van der Waals surface area contributed by atoms with Crippen molar-refractivity contribution in [2.24, 2.45) is 0 Å². The van der Waals surface area contributed by atoms with Crippen LogP contribution >= 0.6 is 11.6 Å². The molecule has 1 N–H and O–H groups in total. The lowest BCUT2D eigenvalue weighted by Crippen LogP contribution is -2.41. The summed E-state index contributed by atoms with van der Waals surface area (Å²) in [6.07, 6.45) is 2.96. The molecule has 3 rings (SSSR count). The Kier molecular flexibility index (Phi) is 6.42. The molecular weight excluding hydrogens is 370 g/mol. The number of nitrogens with zero attached hydrogens (tertiary/aromatic N) is 2. The number of hydrogen-bond donors (Lipinski definition) is 1. The second-order valence-electron chi connectivity index (χ2n) is 7.25. The zero-order chi connectivity index (χ0) is 20.1. The Morgan fingerprint density at radius 1 is 1.14 bits per heavy atom. The van der Waals surface area contributed by atoms with Gasteiger partial charge in [0.2, 0.25) is 0 Å². The second-order valence-corrected chi connectivity index (χ2v) is 7.69. The highest BCUT2D eigenvalue weighted by Gasteiger charge is 2.24. The maximum Gasteiger partial charge on any atom is 0.322 e. The quantitative estimate of drug-likeness (QED) is 0.660. The number of allylic oxidation sites excluding steroid dienone is 1. The van der Waals surface area contributed by atoms with E-state index in [0.717, 1.165) is 12.1 Å². The van der Waals surface area contributed by atoms with Gasteiger partial charge >= 0.3 is 6.03 Å². The van der Waals surface area contributed by atoms with Gasteiger partial charge in [0.25, 0.3) is 0 Å². The van der Waals surface area contributed by atoms with Crippen LogP contribution in [-0.4, -0.2) is 24.0 Å². The van der Waals surface area contributed by atoms with E-state index in [-0.39, 0.29) is 6.03 Å². The molecule has 2 amide bonds. The summed E-state index contributed by atoms with van der Waals surface area (Å²) in [5, 5.41) is 3.54. The minimum atomic E-state index is -0.103. The summed E-state index contributed by atoms with van der Waals surface area (Å²) < 4.78 is 0. The molecule has 0 saturated carbocycles. The van der Waals surface area contributed by atoms with E-state index in [9.17, 15) is 4.79 Å². The summed E-state index contributed by atoms with van der Waals surface area (Å²) in [6.45, 7) is 7.56. The van der Waals surface area contributed by atoms with Crippen molar-refractivity contribution in [2.45, 2.75) is 27.2 Å². The molecule has 28 heavy (non-hydrogen) atoms. The van der Waals surface area contributed by atoms with E-state index >= 15 is 0 Å². The average molecular weight is 396 g/mol. The van der Waals surface area contributed by atoms with Gasteiger partial charge in [0.05, 0.1) is 0 Å². The Labute approximate surface area is 172 Å². The van der Waals surface area contributed by atoms with Gasteiger partial charge in [-0.05, 0) is 56.7 Å². The monoisotopic (exact) mass is 395 g/mol. The number of para-hydroxylation sites is 1. The smallest absolute Gasteiger partial charge is 0.321 e. The van der Waals surface area contributed by atoms with Crippen molar-refractivity contribution >= 4 is 29.0 Å². The Hall–Kier alpha value is -2.72. The minimum absolute atomic E-state index is 0.103. The van der Waals surface area contributed by atoms with Crippen molar-refractivity contribution in [1.29, 1.82) is 0 Å². The number of carbonyl (C=O) groups is 1. The highest BCUT2D eigenvalue weighted by atomic mass is 35.5. The van der Waals surface area contributed by atoms with Crippen molar-refractivity contribution in [3.05, 3.63) is 82.7 Å². The van der Waals surface area contributed by atoms with E-state index in [4.69, 9.17) is 11.6 Å². The zero-order valence-corrected chi connectivity index (χ0v) is 17.3. The van der Waals surface area contributed by atoms with Crippen LogP contribution in [-0.2, 0) is 0 Å². The van der Waals surface area contributed by atoms with Crippen molar-refractivity contribution < 1.29 is 4.79 Å². The van der Waals surface area contributed by atoms with Crippen LogP contribution in [0.4, 0.5) is 16.2 Å². The van der Waals surface area contributed by atoms with E-state index < -0.39 is 0 Å². The van der Waals surface area contributed by atoms with Gasteiger partial charge in [-0.2, -0.15) is 0 Å². The summed E-state index contributed by atoms with van der Waals surface area (Å²) in [4.78, 5) is 16.8. The molecule has 0 saturated heterocycles. The predicted molar refractivity (Wildman–Crippen MR) is 118 cm³/mol. The number of carbonyl (C=O) groups excluding carboxylic acids is 1. The maximum atomic E-state index is 12.7. The molecule has 146 valence electrons. The summed E-state index contributed by atoms with van der Waals surface area (Å²) in [7, 11) is 0. The van der Waals surface area contributed by atoms with Crippen molar-refractivity contribution in [2.75, 3.05) is 23.3 Å². The molecule has 0 fully saturated rings. The lowest BCUT2D eigenvalue weighted by atomic mass is 10.1. The first-order chi connectivity index (χ1) is 13.4. The van der Waals surface area contributed by atoms with Crippen LogP contribution in [0.3, 0.4) is 0 Å². The lowest BCUT2D eigenvalue weighted by molar-refractivity contribution is 0.214. The Balaban J connectivity index is 1.78. The van der Waals surface area contributed by atoms with Gasteiger partial charge in [0, 0.05) is 47.8 Å². The molecule has 5 heteroatoms. The van der Waals surface area contributed by atoms with Crippen LogP contribution < -0.4 is 10.2 Å². The molecule has 0 unspecified atom stereocenters. The first-order valence-corrected chi connectivity index (χ1v) is 9.81. The molecule has 0 atom stereocenters. The zero-order valence-electron chi connectivity index (χ0n) is 16.6. The summed E-state index contributed by atoms with van der Waals surface area (Å²) in [6, 6.07) is 17.4. The Morgan fingerprint density at radius 2 is 1.89 bits per heavy atom. The van der Waals surface area contributed by atoms with Gasteiger partial charge in [-0.3, -0.25) is 0 Å². The third-order valence-corrected chi connectivity index (χ3v) is 4.85. The van der Waals surface area contributed by atoms with Crippen LogP contribution in [0.2, 0.25) is 5.02 Å². The van der Waals surface area contributed by atoms with Gasteiger partial charge in [-0.25, -0.2) is 4.79 Å². The highest BCUT2D eigenvalue weighted by Crippen LogP contribution is 2.28. The van der Waals surface area contributed by atoms with Gasteiger partial charge in [0.1, 0.15) is 0 Å². The summed E-state index contributed by atoms with van der Waals surface area (Å²) >= 11 is 6.01. The minimum Gasteiger partial charge on any atom is -0.321 e. The molecule has 0 aromatic heterocycles. The van der Waals surface area contributed by atoms with Crippen LogP contribution in [0.5, 0.6) is 0 Å². The van der Waals surface area contributed by atoms with Gasteiger partial charge in [0.15, 0.2) is 0 Å². The summed E-state index contributed by atoms with van der Waals surface area (Å²) in [5.41, 5.74) is 5.51. The average Bonchev–Trinajstić information content (AvgIpc) is 2.67. The van der Waals surface area contributed by atoms with Gasteiger partial charge < -0.3 is 15.1 Å². The fourth-order valence-electron chi connectivity index (χ4n) is 3.33. The third kappa shape index (κ3) is 4.96. The third-order valence-electron chi connectivity index (χ3n) is 4.61. The number of amides is 2. The van der Waals surface area contributed by atoms with Crippen molar-refractivity contribution in [3.8, 4) is 0 Å². The molecule has 1 heterocycles. The number of rotatable bonds is 4. The largest absolute Gasteiger partial charge is 0.322 e. The van der Waals surface area contributed by atoms with Crippen LogP contribution in [0.25, 0.3) is 0 Å². The molecular formula is C23H26ClN3O. The predicted octanol–water partition coefficient (Wildman–Crippen LogP) is 6.28. The van der Waals surface area contributed by atoms with E-state index in [1.54, 1.807) is 12.1 Å². The van der Waals surface area contributed by atoms with Gasteiger partial charge in [-0.1, -0.05) is 41.4 Å². The van der Waals surface area contributed by atoms with Crippen LogP contribution in [0, 0.1) is 0 Å². The first kappa shape index (κ1) is 20.0. The SMILES string of the molecule is CC(C)=CN(C1=C(C)CN(C(=O)Nc2cccc(Cl)c2)CC1)c1ccccc1. The fourth-order valence-corrected chi connectivity index (χ4v) is 3.52. The number of urea groups is 1. The van der Waals surface area contributed by atoms with Crippen molar-refractivity contribution in [3.63, 3.8) is 0 Å². The fraction of sp³-hybridized carbons (Fsp3) is 0.261. The standard InChI is InChI=1S/C23H26ClN3O/c1-17(2)15-27(21-10-5-4-6-11-21)22-12-13-26(16-18(22)3)23(28)25-20-9-7-8-19(24)14-20/h4-11,14-15H,12-13,16H2,1-3H3,(H,25,28). The van der Waals surface area contributed by atoms with Crippen LogP contribution in [0.15, 0.2) is 77.6 Å². The van der Waals surface area contributed by atoms with Crippen LogP contribution in [0.1, 0.15) is 27.2 Å². The topological polar surface area (TPSA) is 35.6 Å². The molecule has 2 aromatic carbocycles. The van der Waals surface area contributed by atoms with E-state index in [1.807, 2.05) is 35.2 Å². The summed E-state index contributed by atoms with van der Waals surface area (Å²) in [5.74, 6) is 0. The molecule has 1 aliphatic rings. The van der Waals surface area contributed by atoms with E-state index in [0.29, 0.717) is 23.8 Å². The molecule has 2 aromatic rings. The molecule has 0 bridgehead atoms. The molecule has 1 aliphatic heterocycles. The number of anilines is 2. The second kappa shape index (κ2) is 8.98. The normalized spacial score (nSPS) is 13.9. The van der Waals surface area contributed by atoms with Crippen molar-refractivity contribution in [1.82, 2.24) is 4.90 Å². The highest BCUT2D eigenvalue weighted by molar-refractivity contribution is 6.30. The Morgan fingerprint density at radius 3 is 2.54 bits per heavy atom. The van der Waals surface area contributed by atoms with Gasteiger partial charge in [-0.15, -0.1) is 0 Å². The number of halogens is 1.